The summed E-state index contributed by atoms with van der Waals surface area (Å²) in [5.74, 6) is 0. The summed E-state index contributed by atoms with van der Waals surface area (Å²) >= 11 is 0. The summed E-state index contributed by atoms with van der Waals surface area (Å²) in [7, 11) is -1.36. The van der Waals surface area contributed by atoms with Crippen molar-refractivity contribution in [3.8, 4) is 0 Å². The molecule has 0 heterocycles. The fourth-order valence-electron chi connectivity index (χ4n) is 5.57. The van der Waals surface area contributed by atoms with Crippen molar-refractivity contribution in [1.29, 1.82) is 0 Å². The third-order valence-electron chi connectivity index (χ3n) is 8.01. The zero-order chi connectivity index (χ0) is 26.8. The Morgan fingerprint density at radius 2 is 0.676 bits per heavy atom. The molecule has 0 saturated heterocycles. The topological polar surface area (TPSA) is 40.5 Å². The van der Waals surface area contributed by atoms with E-state index in [-0.39, 0.29) is 0 Å². The van der Waals surface area contributed by atoms with Crippen molar-refractivity contribution in [3.05, 3.63) is 29.3 Å². The van der Waals surface area contributed by atoms with Gasteiger partial charge in [0.25, 0.3) is 0 Å². The highest BCUT2D eigenvalue weighted by Crippen LogP contribution is 2.16. The Bertz CT molecular complexity index is 570. The molecule has 0 spiro atoms. The fourth-order valence-corrected chi connectivity index (χ4v) is 5.57. The Morgan fingerprint density at radius 3 is 0.946 bits per heavy atom. The monoisotopic (exact) mass is 514 g/mol. The minimum atomic E-state index is -1.36. The normalized spacial score (nSPS) is 11.4. The van der Waals surface area contributed by atoms with Crippen molar-refractivity contribution >= 4 is 12.6 Å². The molecule has 0 amide bonds. The number of hydrogen-bond donors (Lipinski definition) is 2. The van der Waals surface area contributed by atoms with E-state index in [0.717, 1.165) is 12.8 Å². The van der Waals surface area contributed by atoms with Crippen LogP contribution in [0.15, 0.2) is 18.2 Å². The maximum atomic E-state index is 9.77. The molecule has 0 unspecified atom stereocenters. The number of rotatable bonds is 27. The lowest BCUT2D eigenvalue weighted by Gasteiger charge is -2.10. The van der Waals surface area contributed by atoms with Crippen LogP contribution in [0.3, 0.4) is 0 Å². The predicted octanol–water partition coefficient (Wildman–Crippen LogP) is 9.85. The van der Waals surface area contributed by atoms with Crippen LogP contribution in [0, 0.1) is 0 Å². The van der Waals surface area contributed by atoms with Gasteiger partial charge < -0.3 is 10.0 Å². The molecule has 1 aromatic rings. The molecule has 0 aliphatic heterocycles. The largest absolute Gasteiger partial charge is 0.488 e. The minimum absolute atomic E-state index is 0.672. The van der Waals surface area contributed by atoms with Crippen LogP contribution in [-0.2, 0) is 12.8 Å². The summed E-state index contributed by atoms with van der Waals surface area (Å²) in [6.45, 7) is 4.57. The summed E-state index contributed by atoms with van der Waals surface area (Å²) in [5, 5.41) is 19.5. The summed E-state index contributed by atoms with van der Waals surface area (Å²) in [6, 6.07) is 6.34. The molecule has 3 heteroatoms. The van der Waals surface area contributed by atoms with Gasteiger partial charge >= 0.3 is 7.12 Å². The van der Waals surface area contributed by atoms with Crippen molar-refractivity contribution in [1.82, 2.24) is 0 Å². The lowest BCUT2D eigenvalue weighted by Crippen LogP contribution is -2.30. The van der Waals surface area contributed by atoms with E-state index in [1.807, 2.05) is 12.1 Å². The summed E-state index contributed by atoms with van der Waals surface area (Å²) < 4.78 is 0. The molecule has 0 saturated carbocycles. The third-order valence-corrected chi connectivity index (χ3v) is 8.01. The second-order valence-electron chi connectivity index (χ2n) is 11.7. The first-order valence-corrected chi connectivity index (χ1v) is 16.7. The van der Waals surface area contributed by atoms with Crippen molar-refractivity contribution < 1.29 is 10.0 Å². The van der Waals surface area contributed by atoms with Gasteiger partial charge in [0.1, 0.15) is 0 Å². The zero-order valence-corrected chi connectivity index (χ0v) is 25.1. The highest BCUT2D eigenvalue weighted by Gasteiger charge is 2.13. The van der Waals surface area contributed by atoms with Gasteiger partial charge in [0.05, 0.1) is 0 Å². The van der Waals surface area contributed by atoms with Crippen molar-refractivity contribution in [2.24, 2.45) is 0 Å². The molecule has 2 N–H and O–H groups in total. The average molecular weight is 515 g/mol. The first kappa shape index (κ1) is 34.2. The Balaban J connectivity index is 2.13. The SMILES string of the molecule is CCCCCCCCCCCCCCc1cc(CCCCCCCCCCCCCC)cc(B(O)O)c1. The highest BCUT2D eigenvalue weighted by molar-refractivity contribution is 6.58. The van der Waals surface area contributed by atoms with Gasteiger partial charge in [0.15, 0.2) is 0 Å². The van der Waals surface area contributed by atoms with Gasteiger partial charge in [-0.3, -0.25) is 0 Å². The Morgan fingerprint density at radius 1 is 0.405 bits per heavy atom. The molecule has 0 aliphatic rings. The van der Waals surface area contributed by atoms with Crippen LogP contribution in [0.25, 0.3) is 0 Å². The smallest absolute Gasteiger partial charge is 0.423 e. The minimum Gasteiger partial charge on any atom is -0.423 e. The number of hydrogen-bond acceptors (Lipinski definition) is 2. The summed E-state index contributed by atoms with van der Waals surface area (Å²) in [5.41, 5.74) is 3.24. The fraction of sp³-hybridized carbons (Fsp3) is 0.824. The van der Waals surface area contributed by atoms with Gasteiger partial charge in [-0.15, -0.1) is 0 Å². The zero-order valence-electron chi connectivity index (χ0n) is 25.1. The molecule has 1 rings (SSSR count). The maximum Gasteiger partial charge on any atom is 0.488 e. The van der Waals surface area contributed by atoms with Gasteiger partial charge in [-0.25, -0.2) is 0 Å². The lowest BCUT2D eigenvalue weighted by molar-refractivity contribution is 0.425. The van der Waals surface area contributed by atoms with Gasteiger partial charge in [0.2, 0.25) is 0 Å². The first-order valence-electron chi connectivity index (χ1n) is 16.7. The van der Waals surface area contributed by atoms with E-state index in [1.54, 1.807) is 0 Å². The molecule has 214 valence electrons. The number of benzene rings is 1. The van der Waals surface area contributed by atoms with Crippen molar-refractivity contribution in [3.63, 3.8) is 0 Å². The third kappa shape index (κ3) is 20.8. The lowest BCUT2D eigenvalue weighted by atomic mass is 9.78. The molecule has 0 bridgehead atoms. The first-order chi connectivity index (χ1) is 18.2. The molecular weight excluding hydrogens is 451 g/mol. The molecule has 0 radical (unpaired) electrons. The molecule has 0 aromatic heterocycles. The van der Waals surface area contributed by atoms with Crippen LogP contribution >= 0.6 is 0 Å². The van der Waals surface area contributed by atoms with E-state index >= 15 is 0 Å². The second-order valence-corrected chi connectivity index (χ2v) is 11.7. The number of aryl methyl sites for hydroxylation is 2. The molecule has 0 atom stereocenters. The van der Waals surface area contributed by atoms with Crippen LogP contribution in [0.5, 0.6) is 0 Å². The van der Waals surface area contributed by atoms with Crippen LogP contribution in [0.2, 0.25) is 0 Å². The van der Waals surface area contributed by atoms with Crippen molar-refractivity contribution in [2.45, 2.75) is 181 Å². The van der Waals surface area contributed by atoms with Gasteiger partial charge in [-0.05, 0) is 42.3 Å². The quantitative estimate of drug-likeness (QED) is 0.0906. The molecule has 0 aliphatic carbocycles. The van der Waals surface area contributed by atoms with Crippen LogP contribution in [0.4, 0.5) is 0 Å². The molecule has 37 heavy (non-hydrogen) atoms. The molecular formula is C34H63BO2. The molecule has 1 aromatic carbocycles. The Hall–Kier alpha value is -0.795. The Kier molecular flexibility index (Phi) is 23.6. The highest BCUT2D eigenvalue weighted by atomic mass is 16.4. The van der Waals surface area contributed by atoms with Crippen LogP contribution in [-0.4, -0.2) is 17.2 Å². The molecule has 2 nitrogen and oxygen atoms in total. The maximum absolute atomic E-state index is 9.77. The molecule has 0 fully saturated rings. The van der Waals surface area contributed by atoms with Crippen molar-refractivity contribution in [2.75, 3.05) is 0 Å². The summed E-state index contributed by atoms with van der Waals surface area (Å²) in [6.07, 6.45) is 35.0. The van der Waals surface area contributed by atoms with E-state index < -0.39 is 7.12 Å². The van der Waals surface area contributed by atoms with E-state index in [4.69, 9.17) is 0 Å². The Labute approximate surface area is 232 Å². The average Bonchev–Trinajstić information content (AvgIpc) is 2.90. The van der Waals surface area contributed by atoms with Crippen LogP contribution in [0.1, 0.15) is 179 Å². The van der Waals surface area contributed by atoms with Crippen LogP contribution < -0.4 is 5.46 Å². The summed E-state index contributed by atoms with van der Waals surface area (Å²) in [4.78, 5) is 0. The van der Waals surface area contributed by atoms with E-state index in [2.05, 4.69) is 19.9 Å². The standard InChI is InChI=1S/C34H63BO2/c1-3-5-7-9-11-13-15-17-19-21-23-25-27-32-29-33(31-34(30-32)35(36)37)28-26-24-22-20-18-16-14-12-10-8-6-4-2/h29-31,36-37H,3-28H2,1-2H3. The van der Waals surface area contributed by atoms with Gasteiger partial charge in [0, 0.05) is 0 Å². The van der Waals surface area contributed by atoms with Gasteiger partial charge in [-0.2, -0.15) is 0 Å². The van der Waals surface area contributed by atoms with Gasteiger partial charge in [-0.1, -0.05) is 173 Å². The second kappa shape index (κ2) is 25.5. The van der Waals surface area contributed by atoms with E-state index in [0.29, 0.717) is 5.46 Å². The van der Waals surface area contributed by atoms with E-state index in [1.165, 1.54) is 165 Å². The predicted molar refractivity (Wildman–Crippen MR) is 166 cm³/mol. The number of unbranched alkanes of at least 4 members (excludes halogenated alkanes) is 22. The van der Waals surface area contributed by atoms with E-state index in [9.17, 15) is 10.0 Å².